The number of carbonyl (C=O) groups is 1. The van der Waals surface area contributed by atoms with Gasteiger partial charge in [-0.25, -0.2) is 0 Å². The van der Waals surface area contributed by atoms with E-state index in [1.54, 1.807) is 12.4 Å². The molecule has 0 spiro atoms. The second kappa shape index (κ2) is 5.62. The summed E-state index contributed by atoms with van der Waals surface area (Å²) in [5.41, 5.74) is 0.962. The van der Waals surface area contributed by atoms with Gasteiger partial charge in [0.05, 0.1) is 5.75 Å². The van der Waals surface area contributed by atoms with Crippen LogP contribution < -0.4 is 5.32 Å². The fourth-order valence-corrected chi connectivity index (χ4v) is 2.54. The highest BCUT2D eigenvalue weighted by Crippen LogP contribution is 2.23. The lowest BCUT2D eigenvalue weighted by Gasteiger charge is -2.04. The molecule has 1 amide bonds. The zero-order valence-electron chi connectivity index (χ0n) is 11.1. The van der Waals surface area contributed by atoms with Crippen LogP contribution in [0.2, 0.25) is 0 Å². The van der Waals surface area contributed by atoms with Crippen LogP contribution in [-0.2, 0) is 11.8 Å². The topological polar surface area (TPSA) is 72.7 Å². The van der Waals surface area contributed by atoms with E-state index in [1.807, 2.05) is 23.7 Å². The van der Waals surface area contributed by atoms with Crippen LogP contribution in [0.5, 0.6) is 0 Å². The first-order chi connectivity index (χ1) is 9.74. The van der Waals surface area contributed by atoms with Crippen molar-refractivity contribution in [3.63, 3.8) is 0 Å². The Balaban J connectivity index is 1.65. The molecule has 1 N–H and O–H groups in total. The third-order valence-electron chi connectivity index (χ3n) is 3.05. The van der Waals surface area contributed by atoms with Crippen LogP contribution in [0.4, 0.5) is 0 Å². The number of thioether (sulfide) groups is 1. The molecule has 0 saturated heterocycles. The normalized spacial score (nSPS) is 14.2. The lowest BCUT2D eigenvalue weighted by Crippen LogP contribution is -2.27. The summed E-state index contributed by atoms with van der Waals surface area (Å²) in [7, 11) is 1.90. The van der Waals surface area contributed by atoms with Gasteiger partial charge in [0.1, 0.15) is 0 Å². The quantitative estimate of drug-likeness (QED) is 0.839. The summed E-state index contributed by atoms with van der Waals surface area (Å²) in [4.78, 5) is 15.6. The Labute approximate surface area is 121 Å². The highest BCUT2D eigenvalue weighted by atomic mass is 32.2. The van der Waals surface area contributed by atoms with Gasteiger partial charge in [-0.3, -0.25) is 9.78 Å². The number of amides is 1. The predicted octanol–water partition coefficient (Wildman–Crippen LogP) is 1.25. The number of aromatic nitrogens is 4. The van der Waals surface area contributed by atoms with Crippen molar-refractivity contribution in [2.75, 3.05) is 5.75 Å². The largest absolute Gasteiger partial charge is 0.353 e. The summed E-state index contributed by atoms with van der Waals surface area (Å²) in [6.07, 6.45) is 5.65. The van der Waals surface area contributed by atoms with Gasteiger partial charge in [-0.1, -0.05) is 11.8 Å². The van der Waals surface area contributed by atoms with Crippen molar-refractivity contribution in [3.8, 4) is 11.4 Å². The van der Waals surface area contributed by atoms with Crippen molar-refractivity contribution in [2.24, 2.45) is 7.05 Å². The lowest BCUT2D eigenvalue weighted by molar-refractivity contribution is -0.118. The molecule has 2 heterocycles. The van der Waals surface area contributed by atoms with E-state index < -0.39 is 0 Å². The van der Waals surface area contributed by atoms with Gasteiger partial charge < -0.3 is 9.88 Å². The Kier molecular flexibility index (Phi) is 3.68. The number of nitrogens with one attached hydrogen (secondary N) is 1. The number of hydrogen-bond donors (Lipinski definition) is 1. The molecule has 6 nitrogen and oxygen atoms in total. The molecule has 1 aliphatic rings. The Hall–Kier alpha value is -1.89. The summed E-state index contributed by atoms with van der Waals surface area (Å²) >= 11 is 1.40. The Morgan fingerprint density at radius 1 is 1.40 bits per heavy atom. The van der Waals surface area contributed by atoms with Crippen molar-refractivity contribution in [1.29, 1.82) is 0 Å². The minimum Gasteiger partial charge on any atom is -0.353 e. The third-order valence-corrected chi connectivity index (χ3v) is 4.07. The molecule has 0 radical (unpaired) electrons. The van der Waals surface area contributed by atoms with E-state index >= 15 is 0 Å². The van der Waals surface area contributed by atoms with Crippen molar-refractivity contribution >= 4 is 17.7 Å². The number of hydrogen-bond acceptors (Lipinski definition) is 5. The number of pyridine rings is 1. The molecule has 2 aromatic rings. The molecule has 0 atom stereocenters. The van der Waals surface area contributed by atoms with Gasteiger partial charge in [0.25, 0.3) is 0 Å². The average Bonchev–Trinajstić information content (AvgIpc) is 3.19. The highest BCUT2D eigenvalue weighted by molar-refractivity contribution is 7.99. The number of nitrogens with zero attached hydrogens (tertiary/aromatic N) is 4. The first-order valence-electron chi connectivity index (χ1n) is 6.46. The summed E-state index contributed by atoms with van der Waals surface area (Å²) in [5, 5.41) is 12.0. The van der Waals surface area contributed by atoms with Gasteiger partial charge in [0.2, 0.25) is 5.91 Å². The van der Waals surface area contributed by atoms with Gasteiger partial charge >= 0.3 is 0 Å². The van der Waals surface area contributed by atoms with E-state index in [-0.39, 0.29) is 5.91 Å². The molecule has 1 aliphatic carbocycles. The van der Waals surface area contributed by atoms with Crippen molar-refractivity contribution < 1.29 is 4.79 Å². The van der Waals surface area contributed by atoms with Crippen molar-refractivity contribution in [2.45, 2.75) is 24.0 Å². The molecule has 0 bridgehead atoms. The molecule has 20 heavy (non-hydrogen) atoms. The van der Waals surface area contributed by atoms with Crippen molar-refractivity contribution in [1.82, 2.24) is 25.1 Å². The maximum Gasteiger partial charge on any atom is 0.230 e. The van der Waals surface area contributed by atoms with Crippen LogP contribution in [-0.4, -0.2) is 37.5 Å². The minimum atomic E-state index is 0.0611. The van der Waals surface area contributed by atoms with Crippen LogP contribution in [0.1, 0.15) is 12.8 Å². The molecule has 0 unspecified atom stereocenters. The molecule has 104 valence electrons. The predicted molar refractivity (Wildman–Crippen MR) is 76.1 cm³/mol. The summed E-state index contributed by atoms with van der Waals surface area (Å²) < 4.78 is 1.89. The van der Waals surface area contributed by atoms with E-state index in [0.717, 1.165) is 29.4 Å². The maximum atomic E-state index is 11.7. The van der Waals surface area contributed by atoms with Crippen LogP contribution in [0, 0.1) is 0 Å². The maximum absolute atomic E-state index is 11.7. The minimum absolute atomic E-state index is 0.0611. The van der Waals surface area contributed by atoms with Crippen LogP contribution in [0.3, 0.4) is 0 Å². The zero-order valence-corrected chi connectivity index (χ0v) is 11.9. The lowest BCUT2D eigenvalue weighted by atomic mass is 10.2. The Morgan fingerprint density at radius 3 is 2.85 bits per heavy atom. The summed E-state index contributed by atoms with van der Waals surface area (Å²) in [6, 6.07) is 4.17. The monoisotopic (exact) mass is 289 g/mol. The molecule has 1 fully saturated rings. The smallest absolute Gasteiger partial charge is 0.230 e. The van der Waals surface area contributed by atoms with Gasteiger partial charge in [-0.15, -0.1) is 10.2 Å². The van der Waals surface area contributed by atoms with Gasteiger partial charge in [-0.2, -0.15) is 0 Å². The van der Waals surface area contributed by atoms with E-state index in [4.69, 9.17) is 0 Å². The fraction of sp³-hybridized carbons (Fsp3) is 0.385. The molecule has 0 aliphatic heterocycles. The molecular formula is C13H15N5OS. The average molecular weight is 289 g/mol. The summed E-state index contributed by atoms with van der Waals surface area (Å²) in [6.45, 7) is 0. The number of carbonyl (C=O) groups excluding carboxylic acids is 1. The standard InChI is InChI=1S/C13H15N5OS/c1-18-12(9-4-6-14-7-5-9)16-17-13(18)20-8-11(19)15-10-2-3-10/h4-7,10H,2-3,8H2,1H3,(H,15,19). The molecule has 7 heteroatoms. The molecular weight excluding hydrogens is 274 g/mol. The van der Waals surface area contributed by atoms with Gasteiger partial charge in [0, 0.05) is 31.0 Å². The second-order valence-electron chi connectivity index (χ2n) is 4.73. The van der Waals surface area contributed by atoms with E-state index in [2.05, 4.69) is 20.5 Å². The second-order valence-corrected chi connectivity index (χ2v) is 5.67. The Bertz CT molecular complexity index is 608. The zero-order chi connectivity index (χ0) is 13.9. The first-order valence-corrected chi connectivity index (χ1v) is 7.44. The molecule has 3 rings (SSSR count). The third kappa shape index (κ3) is 2.98. The fourth-order valence-electron chi connectivity index (χ4n) is 1.82. The van der Waals surface area contributed by atoms with Crippen LogP contribution in [0.25, 0.3) is 11.4 Å². The van der Waals surface area contributed by atoms with E-state index in [9.17, 15) is 4.79 Å². The first kappa shape index (κ1) is 13.1. The van der Waals surface area contributed by atoms with Crippen LogP contribution >= 0.6 is 11.8 Å². The van der Waals surface area contributed by atoms with Gasteiger partial charge in [0.15, 0.2) is 11.0 Å². The van der Waals surface area contributed by atoms with Crippen LogP contribution in [0.15, 0.2) is 29.7 Å². The molecule has 0 aromatic carbocycles. The van der Waals surface area contributed by atoms with E-state index in [0.29, 0.717) is 11.8 Å². The van der Waals surface area contributed by atoms with Crippen molar-refractivity contribution in [3.05, 3.63) is 24.5 Å². The molecule has 1 saturated carbocycles. The van der Waals surface area contributed by atoms with Gasteiger partial charge in [-0.05, 0) is 25.0 Å². The summed E-state index contributed by atoms with van der Waals surface area (Å²) in [5.74, 6) is 1.21. The molecule has 2 aromatic heterocycles. The SMILES string of the molecule is Cn1c(SCC(=O)NC2CC2)nnc1-c1ccncc1. The van der Waals surface area contributed by atoms with E-state index in [1.165, 1.54) is 11.8 Å². The number of rotatable bonds is 5. The Morgan fingerprint density at radius 2 is 2.15 bits per heavy atom. The highest BCUT2D eigenvalue weighted by Gasteiger charge is 2.23.